The van der Waals surface area contributed by atoms with Gasteiger partial charge in [0.2, 0.25) is 0 Å². The van der Waals surface area contributed by atoms with Crippen LogP contribution in [0.5, 0.6) is 0 Å². The van der Waals surface area contributed by atoms with Gasteiger partial charge < -0.3 is 4.57 Å². The highest BCUT2D eigenvalue weighted by Gasteiger charge is 2.16. The summed E-state index contributed by atoms with van der Waals surface area (Å²) >= 11 is 6.75. The third-order valence-electron chi connectivity index (χ3n) is 4.27. The highest BCUT2D eigenvalue weighted by Crippen LogP contribution is 2.37. The molecule has 110 valence electrons. The fourth-order valence-corrected chi connectivity index (χ4v) is 3.52. The summed E-state index contributed by atoms with van der Waals surface area (Å²) in [6.07, 6.45) is 2.30. The van der Waals surface area contributed by atoms with Crippen molar-refractivity contribution in [3.8, 4) is 0 Å². The van der Waals surface area contributed by atoms with E-state index >= 15 is 0 Å². The minimum atomic E-state index is 0.812. The Labute approximate surface area is 134 Å². The summed E-state index contributed by atoms with van der Waals surface area (Å²) in [4.78, 5) is 4.91. The van der Waals surface area contributed by atoms with Crippen LogP contribution in [-0.2, 0) is 6.54 Å². The molecule has 0 spiro atoms. The van der Waals surface area contributed by atoms with Crippen LogP contribution in [0.15, 0.2) is 48.5 Å². The predicted octanol–water partition coefficient (Wildman–Crippen LogP) is 5.80. The van der Waals surface area contributed by atoms with Gasteiger partial charge in [0.05, 0.1) is 16.1 Å². The molecule has 0 aliphatic heterocycles. The second-order valence-electron chi connectivity index (χ2n) is 5.66. The van der Waals surface area contributed by atoms with Crippen molar-refractivity contribution in [2.75, 3.05) is 0 Å². The molecule has 0 aliphatic carbocycles. The van der Waals surface area contributed by atoms with Gasteiger partial charge in [-0.3, -0.25) is 0 Å². The smallest absolute Gasteiger partial charge is 0.143 e. The number of benzene rings is 2. The highest BCUT2D eigenvalue weighted by atomic mass is 35.5. The molecule has 22 heavy (non-hydrogen) atoms. The largest absolute Gasteiger partial charge is 0.325 e. The molecule has 0 bridgehead atoms. The van der Waals surface area contributed by atoms with Crippen LogP contribution in [0.4, 0.5) is 0 Å². The lowest BCUT2D eigenvalue weighted by Gasteiger charge is -2.07. The van der Waals surface area contributed by atoms with Gasteiger partial charge in [-0.25, -0.2) is 4.98 Å². The van der Waals surface area contributed by atoms with E-state index in [1.54, 1.807) is 0 Å². The SMILES string of the molecule is CCCCn1c2ccccc2c2c(Cl)c3ccccc3nc21. The molecule has 4 rings (SSSR count). The maximum atomic E-state index is 6.75. The van der Waals surface area contributed by atoms with Gasteiger partial charge in [0.25, 0.3) is 0 Å². The van der Waals surface area contributed by atoms with Crippen LogP contribution in [0, 0.1) is 0 Å². The normalized spacial score (nSPS) is 11.7. The van der Waals surface area contributed by atoms with Crippen molar-refractivity contribution in [1.82, 2.24) is 9.55 Å². The summed E-state index contributed by atoms with van der Waals surface area (Å²) in [6, 6.07) is 16.5. The fraction of sp³-hybridized carbons (Fsp3) is 0.211. The number of hydrogen-bond donors (Lipinski definition) is 0. The number of fused-ring (bicyclic) bond motifs is 4. The lowest BCUT2D eigenvalue weighted by atomic mass is 10.1. The summed E-state index contributed by atoms with van der Waals surface area (Å²) in [7, 11) is 0. The number of nitrogens with zero attached hydrogens (tertiary/aromatic N) is 2. The van der Waals surface area contributed by atoms with Crippen molar-refractivity contribution in [3.05, 3.63) is 53.6 Å². The highest BCUT2D eigenvalue weighted by molar-refractivity contribution is 6.42. The molecule has 0 saturated carbocycles. The topological polar surface area (TPSA) is 17.8 Å². The van der Waals surface area contributed by atoms with Crippen LogP contribution in [-0.4, -0.2) is 9.55 Å². The second kappa shape index (κ2) is 5.29. The van der Waals surface area contributed by atoms with E-state index in [4.69, 9.17) is 16.6 Å². The van der Waals surface area contributed by atoms with Crippen LogP contribution in [0.2, 0.25) is 5.02 Å². The Morgan fingerprint density at radius 2 is 1.73 bits per heavy atom. The zero-order chi connectivity index (χ0) is 15.1. The monoisotopic (exact) mass is 308 g/mol. The number of aryl methyl sites for hydroxylation is 1. The molecule has 2 nitrogen and oxygen atoms in total. The Kier molecular flexibility index (Phi) is 3.27. The van der Waals surface area contributed by atoms with E-state index in [0.717, 1.165) is 46.3 Å². The predicted molar refractivity (Wildman–Crippen MR) is 94.7 cm³/mol. The van der Waals surface area contributed by atoms with E-state index in [2.05, 4.69) is 35.8 Å². The third-order valence-corrected chi connectivity index (χ3v) is 4.66. The van der Waals surface area contributed by atoms with E-state index in [-0.39, 0.29) is 0 Å². The molecule has 0 amide bonds. The standard InChI is InChI=1S/C19H17ClN2/c1-2-3-12-22-16-11-7-5-9-14(16)17-18(20)13-8-4-6-10-15(13)21-19(17)22/h4-11H,2-3,12H2,1H3. The van der Waals surface area contributed by atoms with Gasteiger partial charge in [-0.1, -0.05) is 61.3 Å². The lowest BCUT2D eigenvalue weighted by Crippen LogP contribution is -1.98. The molecule has 0 radical (unpaired) electrons. The molecule has 0 N–H and O–H groups in total. The van der Waals surface area contributed by atoms with Gasteiger partial charge in [-0.2, -0.15) is 0 Å². The molecule has 0 aliphatic rings. The van der Waals surface area contributed by atoms with Gasteiger partial charge in [-0.05, 0) is 18.6 Å². The van der Waals surface area contributed by atoms with Crippen LogP contribution >= 0.6 is 11.6 Å². The zero-order valence-electron chi connectivity index (χ0n) is 12.5. The molecule has 2 aromatic carbocycles. The second-order valence-corrected chi connectivity index (χ2v) is 6.04. The Morgan fingerprint density at radius 3 is 2.55 bits per heavy atom. The Morgan fingerprint density at radius 1 is 1.00 bits per heavy atom. The Hall–Kier alpha value is -2.06. The summed E-state index contributed by atoms with van der Waals surface area (Å²) in [5.74, 6) is 0. The number of pyridine rings is 1. The molecule has 0 unspecified atom stereocenters. The average Bonchev–Trinajstić information content (AvgIpc) is 2.87. The number of aromatic nitrogens is 2. The van der Waals surface area contributed by atoms with Crippen LogP contribution in [0.25, 0.3) is 32.8 Å². The Bertz CT molecular complexity index is 985. The number of hydrogen-bond acceptors (Lipinski definition) is 1. The maximum Gasteiger partial charge on any atom is 0.143 e. The van der Waals surface area contributed by atoms with E-state index in [9.17, 15) is 0 Å². The first-order chi connectivity index (χ1) is 10.8. The van der Waals surface area contributed by atoms with Crippen LogP contribution in [0.3, 0.4) is 0 Å². The summed E-state index contributed by atoms with van der Waals surface area (Å²) in [5, 5.41) is 4.10. The molecular weight excluding hydrogens is 292 g/mol. The van der Waals surface area contributed by atoms with Crippen LogP contribution in [0.1, 0.15) is 19.8 Å². The first-order valence-corrected chi connectivity index (χ1v) is 8.14. The summed E-state index contributed by atoms with van der Waals surface area (Å²) in [6.45, 7) is 3.19. The molecule has 3 heteroatoms. The Balaban J connectivity index is 2.19. The van der Waals surface area contributed by atoms with Gasteiger partial charge in [-0.15, -0.1) is 0 Å². The first kappa shape index (κ1) is 13.6. The maximum absolute atomic E-state index is 6.75. The van der Waals surface area contributed by atoms with E-state index < -0.39 is 0 Å². The van der Waals surface area contributed by atoms with Gasteiger partial charge in [0.1, 0.15) is 5.65 Å². The quantitative estimate of drug-likeness (QED) is 0.468. The van der Waals surface area contributed by atoms with Crippen LogP contribution < -0.4 is 0 Å². The van der Waals surface area contributed by atoms with E-state index in [1.165, 1.54) is 10.9 Å². The molecule has 0 fully saturated rings. The van der Waals surface area contributed by atoms with Crippen molar-refractivity contribution < 1.29 is 0 Å². The molecule has 0 saturated heterocycles. The van der Waals surface area contributed by atoms with E-state index in [0.29, 0.717) is 0 Å². The molecule has 2 heterocycles. The first-order valence-electron chi connectivity index (χ1n) is 7.76. The fourth-order valence-electron chi connectivity index (χ4n) is 3.17. The number of unbranched alkanes of at least 4 members (excludes halogenated alkanes) is 1. The van der Waals surface area contributed by atoms with Gasteiger partial charge in [0, 0.05) is 22.7 Å². The van der Waals surface area contributed by atoms with E-state index in [1.807, 2.05) is 24.3 Å². The third kappa shape index (κ3) is 1.91. The molecule has 0 atom stereocenters. The van der Waals surface area contributed by atoms with Crippen molar-refractivity contribution in [2.24, 2.45) is 0 Å². The zero-order valence-corrected chi connectivity index (χ0v) is 13.3. The molecule has 4 aromatic rings. The average molecular weight is 309 g/mol. The van der Waals surface area contributed by atoms with Crippen molar-refractivity contribution in [2.45, 2.75) is 26.3 Å². The number of rotatable bonds is 3. The van der Waals surface area contributed by atoms with Gasteiger partial charge >= 0.3 is 0 Å². The van der Waals surface area contributed by atoms with Crippen molar-refractivity contribution in [1.29, 1.82) is 0 Å². The molecule has 2 aromatic heterocycles. The van der Waals surface area contributed by atoms with Gasteiger partial charge in [0.15, 0.2) is 0 Å². The summed E-state index contributed by atoms with van der Waals surface area (Å²) < 4.78 is 2.31. The minimum absolute atomic E-state index is 0.812. The summed E-state index contributed by atoms with van der Waals surface area (Å²) in [5.41, 5.74) is 3.18. The number of halogens is 1. The lowest BCUT2D eigenvalue weighted by molar-refractivity contribution is 0.661. The minimum Gasteiger partial charge on any atom is -0.325 e. The number of para-hydroxylation sites is 2. The van der Waals surface area contributed by atoms with Crippen molar-refractivity contribution in [3.63, 3.8) is 0 Å². The molecular formula is C19H17ClN2. The van der Waals surface area contributed by atoms with Crippen molar-refractivity contribution >= 4 is 44.4 Å².